The normalized spacial score (nSPS) is 27.4. The van der Waals surface area contributed by atoms with E-state index in [4.69, 9.17) is 9.47 Å². The van der Waals surface area contributed by atoms with E-state index in [1.807, 2.05) is 6.92 Å². The van der Waals surface area contributed by atoms with Gasteiger partial charge in [0.25, 0.3) is 0 Å². The molecule has 2 saturated heterocycles. The summed E-state index contributed by atoms with van der Waals surface area (Å²) in [7, 11) is 1.63. The third-order valence-corrected chi connectivity index (χ3v) is 4.06. The topological polar surface area (TPSA) is 50.8 Å². The first-order chi connectivity index (χ1) is 9.22. The fraction of sp³-hybridized carbons (Fsp3) is 0.929. The SMILES string of the molecule is COCC(C)OC(=O)C1CCCN1C1CCNCC1. The number of piperidine rings is 1. The fourth-order valence-corrected chi connectivity index (χ4v) is 3.16. The quantitative estimate of drug-likeness (QED) is 0.748. The molecule has 2 aliphatic heterocycles. The fourth-order valence-electron chi connectivity index (χ4n) is 3.16. The Bertz CT molecular complexity index is 292. The lowest BCUT2D eigenvalue weighted by atomic mass is 10.0. The number of carbonyl (C=O) groups excluding carboxylic acids is 1. The lowest BCUT2D eigenvalue weighted by Gasteiger charge is -2.35. The molecule has 1 N–H and O–H groups in total. The van der Waals surface area contributed by atoms with Crippen LogP contribution < -0.4 is 5.32 Å². The number of ether oxygens (including phenoxy) is 2. The van der Waals surface area contributed by atoms with Crippen molar-refractivity contribution in [1.82, 2.24) is 10.2 Å². The standard InChI is InChI=1S/C14H26N2O3/c1-11(10-18-2)19-14(17)13-4-3-9-16(13)12-5-7-15-8-6-12/h11-13,15H,3-10H2,1-2H3. The second-order valence-corrected chi connectivity index (χ2v) is 5.58. The summed E-state index contributed by atoms with van der Waals surface area (Å²) in [6.45, 7) is 5.49. The molecule has 2 unspecified atom stereocenters. The number of nitrogens with one attached hydrogen (secondary N) is 1. The molecular weight excluding hydrogens is 244 g/mol. The lowest BCUT2D eigenvalue weighted by molar-refractivity contribution is -0.156. The largest absolute Gasteiger partial charge is 0.459 e. The maximum absolute atomic E-state index is 12.2. The van der Waals surface area contributed by atoms with Crippen LogP contribution in [0.1, 0.15) is 32.6 Å². The Morgan fingerprint density at radius 3 is 2.79 bits per heavy atom. The van der Waals surface area contributed by atoms with E-state index in [2.05, 4.69) is 10.2 Å². The number of hydrogen-bond donors (Lipinski definition) is 1. The highest BCUT2D eigenvalue weighted by Gasteiger charge is 2.37. The predicted octanol–water partition coefficient (Wildman–Crippen LogP) is 0.781. The molecule has 2 fully saturated rings. The van der Waals surface area contributed by atoms with Crippen molar-refractivity contribution in [3.8, 4) is 0 Å². The van der Waals surface area contributed by atoms with Gasteiger partial charge < -0.3 is 14.8 Å². The number of methoxy groups -OCH3 is 1. The number of esters is 1. The number of rotatable bonds is 5. The van der Waals surface area contributed by atoms with Gasteiger partial charge in [-0.15, -0.1) is 0 Å². The Morgan fingerprint density at radius 1 is 1.37 bits per heavy atom. The summed E-state index contributed by atoms with van der Waals surface area (Å²) in [5, 5.41) is 3.37. The summed E-state index contributed by atoms with van der Waals surface area (Å²) in [5.74, 6) is -0.0689. The molecular formula is C14H26N2O3. The molecule has 0 amide bonds. The maximum Gasteiger partial charge on any atom is 0.323 e. The van der Waals surface area contributed by atoms with Gasteiger partial charge in [0.15, 0.2) is 0 Å². The summed E-state index contributed by atoms with van der Waals surface area (Å²) in [4.78, 5) is 14.6. The minimum atomic E-state index is -0.159. The molecule has 2 atom stereocenters. The molecule has 19 heavy (non-hydrogen) atoms. The highest BCUT2D eigenvalue weighted by Crippen LogP contribution is 2.25. The van der Waals surface area contributed by atoms with Crippen LogP contribution in [0.2, 0.25) is 0 Å². The summed E-state index contributed by atoms with van der Waals surface area (Å²) >= 11 is 0. The monoisotopic (exact) mass is 270 g/mol. The van der Waals surface area contributed by atoms with Gasteiger partial charge in [-0.25, -0.2) is 0 Å². The van der Waals surface area contributed by atoms with E-state index in [9.17, 15) is 4.79 Å². The van der Waals surface area contributed by atoms with Crippen LogP contribution >= 0.6 is 0 Å². The van der Waals surface area contributed by atoms with E-state index in [1.165, 1.54) is 0 Å². The summed E-state index contributed by atoms with van der Waals surface area (Å²) in [5.41, 5.74) is 0. The molecule has 0 aliphatic carbocycles. The van der Waals surface area contributed by atoms with Crippen LogP contribution in [0.5, 0.6) is 0 Å². The molecule has 5 nitrogen and oxygen atoms in total. The Labute approximate surface area is 115 Å². The Hall–Kier alpha value is -0.650. The zero-order valence-corrected chi connectivity index (χ0v) is 12.1. The molecule has 2 aliphatic rings. The van der Waals surface area contributed by atoms with Crippen molar-refractivity contribution in [2.75, 3.05) is 33.4 Å². The van der Waals surface area contributed by atoms with Gasteiger partial charge in [0.1, 0.15) is 12.1 Å². The minimum absolute atomic E-state index is 0.0394. The molecule has 2 heterocycles. The maximum atomic E-state index is 12.2. The number of hydrogen-bond acceptors (Lipinski definition) is 5. The third-order valence-electron chi connectivity index (χ3n) is 4.06. The smallest absolute Gasteiger partial charge is 0.323 e. The van der Waals surface area contributed by atoms with E-state index >= 15 is 0 Å². The van der Waals surface area contributed by atoms with E-state index in [-0.39, 0.29) is 18.1 Å². The summed E-state index contributed by atoms with van der Waals surface area (Å²) in [6, 6.07) is 0.501. The Balaban J connectivity index is 1.88. The van der Waals surface area contributed by atoms with Crippen molar-refractivity contribution in [2.45, 2.75) is 50.8 Å². The van der Waals surface area contributed by atoms with Crippen LogP contribution in [0, 0.1) is 0 Å². The highest BCUT2D eigenvalue weighted by atomic mass is 16.6. The van der Waals surface area contributed by atoms with Gasteiger partial charge >= 0.3 is 5.97 Å². The number of nitrogens with zero attached hydrogens (tertiary/aromatic N) is 1. The lowest BCUT2D eigenvalue weighted by Crippen LogP contribution is -2.48. The van der Waals surface area contributed by atoms with E-state index in [1.54, 1.807) is 7.11 Å². The van der Waals surface area contributed by atoms with Gasteiger partial charge in [0.05, 0.1) is 6.61 Å². The van der Waals surface area contributed by atoms with Crippen molar-refractivity contribution in [3.63, 3.8) is 0 Å². The summed E-state index contributed by atoms with van der Waals surface area (Å²) in [6.07, 6.45) is 4.15. The Kier molecular flexibility index (Phi) is 5.60. The van der Waals surface area contributed by atoms with Crippen molar-refractivity contribution >= 4 is 5.97 Å². The van der Waals surface area contributed by atoms with Gasteiger partial charge in [0.2, 0.25) is 0 Å². The van der Waals surface area contributed by atoms with Crippen LogP contribution in [0.4, 0.5) is 0 Å². The molecule has 0 bridgehead atoms. The first-order valence-electron chi connectivity index (χ1n) is 7.38. The number of likely N-dealkylation sites (tertiary alicyclic amines) is 1. The van der Waals surface area contributed by atoms with Gasteiger partial charge in [0, 0.05) is 13.2 Å². The van der Waals surface area contributed by atoms with Gasteiger partial charge in [-0.3, -0.25) is 9.69 Å². The van der Waals surface area contributed by atoms with Crippen LogP contribution in [0.3, 0.4) is 0 Å². The first-order valence-corrected chi connectivity index (χ1v) is 7.38. The second kappa shape index (κ2) is 7.22. The predicted molar refractivity (Wildman–Crippen MR) is 73.0 cm³/mol. The molecule has 0 spiro atoms. The van der Waals surface area contributed by atoms with E-state index in [0.29, 0.717) is 12.6 Å². The zero-order chi connectivity index (χ0) is 13.7. The van der Waals surface area contributed by atoms with Crippen molar-refractivity contribution in [3.05, 3.63) is 0 Å². The average molecular weight is 270 g/mol. The van der Waals surface area contributed by atoms with E-state index < -0.39 is 0 Å². The second-order valence-electron chi connectivity index (χ2n) is 5.58. The Morgan fingerprint density at radius 2 is 2.11 bits per heavy atom. The van der Waals surface area contributed by atoms with Crippen molar-refractivity contribution in [2.24, 2.45) is 0 Å². The molecule has 0 aromatic rings. The molecule has 0 radical (unpaired) electrons. The molecule has 0 aromatic heterocycles. The van der Waals surface area contributed by atoms with Crippen molar-refractivity contribution in [1.29, 1.82) is 0 Å². The van der Waals surface area contributed by atoms with Gasteiger partial charge in [-0.1, -0.05) is 0 Å². The highest BCUT2D eigenvalue weighted by molar-refractivity contribution is 5.76. The van der Waals surface area contributed by atoms with Gasteiger partial charge in [-0.05, 0) is 52.2 Å². The summed E-state index contributed by atoms with van der Waals surface area (Å²) < 4.78 is 10.5. The van der Waals surface area contributed by atoms with Crippen molar-refractivity contribution < 1.29 is 14.3 Å². The number of carbonyl (C=O) groups is 1. The minimum Gasteiger partial charge on any atom is -0.459 e. The van der Waals surface area contributed by atoms with Crippen LogP contribution in [-0.4, -0.2) is 62.4 Å². The average Bonchev–Trinajstić information content (AvgIpc) is 2.89. The third kappa shape index (κ3) is 3.91. The van der Waals surface area contributed by atoms with Crippen LogP contribution in [0.15, 0.2) is 0 Å². The molecule has 110 valence electrons. The first kappa shape index (κ1) is 14.8. The van der Waals surface area contributed by atoms with Gasteiger partial charge in [-0.2, -0.15) is 0 Å². The van der Waals surface area contributed by atoms with Crippen LogP contribution in [-0.2, 0) is 14.3 Å². The molecule has 5 heteroatoms. The molecule has 0 aromatic carbocycles. The zero-order valence-electron chi connectivity index (χ0n) is 12.1. The molecule has 2 rings (SSSR count). The molecule has 0 saturated carbocycles. The van der Waals surface area contributed by atoms with E-state index in [0.717, 1.165) is 45.3 Å². The van der Waals surface area contributed by atoms with Crippen LogP contribution in [0.25, 0.3) is 0 Å².